The molecule has 1 N–H and O–H groups in total. The molecule has 0 aromatic rings. The molecule has 0 aliphatic heterocycles. The van der Waals surface area contributed by atoms with Crippen LogP contribution in [0.5, 0.6) is 0 Å². The Morgan fingerprint density at radius 1 is 1.80 bits per heavy atom. The molecule has 1 atom stereocenters. The van der Waals surface area contributed by atoms with E-state index < -0.39 is 5.44 Å². The zero-order valence-corrected chi connectivity index (χ0v) is 4.61. The fraction of sp³-hybridized carbons (Fsp3) is 1.00. The monoisotopic (exact) mass is 141 g/mol. The SMILES string of the molecule is CC(O)S.[Cu]. The van der Waals surface area contributed by atoms with Crippen LogP contribution in [0.1, 0.15) is 6.92 Å². The van der Waals surface area contributed by atoms with Gasteiger partial charge < -0.3 is 5.11 Å². The molecule has 0 saturated carbocycles. The fourth-order valence-corrected chi connectivity index (χ4v) is 0. The first kappa shape index (κ1) is 9.27. The number of rotatable bonds is 0. The standard InChI is InChI=1S/C2H6OS.Cu/c1-2(3)4;/h2-4H,1H3;. The second kappa shape index (κ2) is 4.83. The molecule has 1 nitrogen and oxygen atoms in total. The predicted molar refractivity (Wildman–Crippen MR) is 20.7 cm³/mol. The number of aliphatic hydroxyl groups excluding tert-OH is 1. The van der Waals surface area contributed by atoms with Crippen molar-refractivity contribution in [3.05, 3.63) is 0 Å². The van der Waals surface area contributed by atoms with E-state index in [4.69, 9.17) is 5.11 Å². The molecule has 0 heterocycles. The van der Waals surface area contributed by atoms with Gasteiger partial charge in [-0.25, -0.2) is 0 Å². The van der Waals surface area contributed by atoms with Crippen LogP contribution < -0.4 is 0 Å². The Hall–Kier alpha value is 0.829. The average molecular weight is 142 g/mol. The summed E-state index contributed by atoms with van der Waals surface area (Å²) in [5.41, 5.74) is -0.472. The molecular weight excluding hydrogens is 136 g/mol. The van der Waals surface area contributed by atoms with E-state index in [0.717, 1.165) is 0 Å². The predicted octanol–water partition coefficient (Wildman–Crippen LogP) is 0.252. The van der Waals surface area contributed by atoms with Gasteiger partial charge in [-0.3, -0.25) is 0 Å². The Morgan fingerprint density at radius 2 is 1.80 bits per heavy atom. The summed E-state index contributed by atoms with van der Waals surface area (Å²) >= 11 is 3.52. The summed E-state index contributed by atoms with van der Waals surface area (Å²) < 4.78 is 0. The maximum absolute atomic E-state index is 7.92. The minimum Gasteiger partial charge on any atom is -0.383 e. The zero-order chi connectivity index (χ0) is 3.58. The van der Waals surface area contributed by atoms with Gasteiger partial charge in [-0.1, -0.05) is 0 Å². The second-order valence-electron chi connectivity index (χ2n) is 0.632. The van der Waals surface area contributed by atoms with E-state index in [1.165, 1.54) is 0 Å². The van der Waals surface area contributed by atoms with Gasteiger partial charge in [0.15, 0.2) is 0 Å². The van der Waals surface area contributed by atoms with Crippen molar-refractivity contribution in [3.8, 4) is 0 Å². The summed E-state index contributed by atoms with van der Waals surface area (Å²) in [6.07, 6.45) is 0. The van der Waals surface area contributed by atoms with Crippen molar-refractivity contribution in [1.29, 1.82) is 0 Å². The summed E-state index contributed by atoms with van der Waals surface area (Å²) in [5, 5.41) is 7.92. The van der Waals surface area contributed by atoms with E-state index in [1.54, 1.807) is 6.92 Å². The Kier molecular flexibility index (Phi) is 8.96. The summed E-state index contributed by atoms with van der Waals surface area (Å²) in [6.45, 7) is 1.59. The smallest absolute Gasteiger partial charge is 0.0936 e. The first-order valence-corrected chi connectivity index (χ1v) is 1.61. The molecular formula is C2H6CuOS. The summed E-state index contributed by atoms with van der Waals surface area (Å²) in [6, 6.07) is 0. The molecule has 0 amide bonds. The van der Waals surface area contributed by atoms with E-state index in [-0.39, 0.29) is 17.1 Å². The maximum Gasteiger partial charge on any atom is 0.0936 e. The number of hydrogen-bond donors (Lipinski definition) is 2. The van der Waals surface area contributed by atoms with Crippen molar-refractivity contribution < 1.29 is 22.2 Å². The van der Waals surface area contributed by atoms with Crippen LogP contribution in [-0.2, 0) is 17.1 Å². The van der Waals surface area contributed by atoms with Crippen LogP contribution in [0, 0.1) is 0 Å². The van der Waals surface area contributed by atoms with Gasteiger partial charge in [-0.05, 0) is 6.92 Å². The Morgan fingerprint density at radius 3 is 1.80 bits per heavy atom. The van der Waals surface area contributed by atoms with Crippen LogP contribution in [0.3, 0.4) is 0 Å². The number of aliphatic hydroxyl groups is 1. The molecule has 0 spiro atoms. The van der Waals surface area contributed by atoms with Gasteiger partial charge in [0, 0.05) is 17.1 Å². The largest absolute Gasteiger partial charge is 0.383 e. The molecule has 0 rings (SSSR count). The minimum absolute atomic E-state index is 0. The van der Waals surface area contributed by atoms with Gasteiger partial charge in [0.05, 0.1) is 5.44 Å². The molecule has 5 heavy (non-hydrogen) atoms. The molecule has 37 valence electrons. The summed E-state index contributed by atoms with van der Waals surface area (Å²) in [4.78, 5) is 0. The van der Waals surface area contributed by atoms with E-state index in [9.17, 15) is 0 Å². The molecule has 0 bridgehead atoms. The molecule has 3 heteroatoms. The Bertz CT molecular complexity index is 14.4. The van der Waals surface area contributed by atoms with Crippen molar-refractivity contribution in [2.24, 2.45) is 0 Å². The van der Waals surface area contributed by atoms with E-state index in [0.29, 0.717) is 0 Å². The van der Waals surface area contributed by atoms with Gasteiger partial charge in [-0.15, -0.1) is 12.6 Å². The third kappa shape index (κ3) is 56.2. The summed E-state index contributed by atoms with van der Waals surface area (Å²) in [7, 11) is 0. The zero-order valence-electron chi connectivity index (χ0n) is 2.77. The van der Waals surface area contributed by atoms with E-state index >= 15 is 0 Å². The molecule has 0 fully saturated rings. The normalized spacial score (nSPS) is 12.6. The van der Waals surface area contributed by atoms with Crippen molar-refractivity contribution in [1.82, 2.24) is 0 Å². The van der Waals surface area contributed by atoms with Crippen LogP contribution in [0.15, 0.2) is 0 Å². The average Bonchev–Trinajstić information content (AvgIpc) is 0.811. The van der Waals surface area contributed by atoms with Gasteiger partial charge in [0.1, 0.15) is 0 Å². The summed E-state index contributed by atoms with van der Waals surface area (Å²) in [5.74, 6) is 0. The van der Waals surface area contributed by atoms with Crippen LogP contribution in [-0.4, -0.2) is 10.5 Å². The van der Waals surface area contributed by atoms with E-state index in [1.807, 2.05) is 0 Å². The van der Waals surface area contributed by atoms with Crippen molar-refractivity contribution >= 4 is 12.6 Å². The Balaban J connectivity index is 0. The van der Waals surface area contributed by atoms with E-state index in [2.05, 4.69) is 12.6 Å². The second-order valence-corrected chi connectivity index (χ2v) is 1.38. The van der Waals surface area contributed by atoms with Gasteiger partial charge in [0.25, 0.3) is 0 Å². The van der Waals surface area contributed by atoms with Crippen molar-refractivity contribution in [3.63, 3.8) is 0 Å². The number of hydrogen-bond acceptors (Lipinski definition) is 2. The molecule has 0 saturated heterocycles. The maximum atomic E-state index is 7.92. The molecule has 0 aromatic carbocycles. The molecule has 0 aromatic heterocycles. The Labute approximate surface area is 47.6 Å². The first-order chi connectivity index (χ1) is 1.73. The van der Waals surface area contributed by atoms with Crippen LogP contribution in [0.25, 0.3) is 0 Å². The molecule has 0 aliphatic carbocycles. The quantitative estimate of drug-likeness (QED) is 0.282. The van der Waals surface area contributed by atoms with Crippen LogP contribution in [0.4, 0.5) is 0 Å². The van der Waals surface area contributed by atoms with Gasteiger partial charge in [0.2, 0.25) is 0 Å². The molecule has 1 unspecified atom stereocenters. The fourth-order valence-electron chi connectivity index (χ4n) is 0. The number of thiol groups is 1. The first-order valence-electron chi connectivity index (χ1n) is 1.09. The third-order valence-electron chi connectivity index (χ3n) is 0. The topological polar surface area (TPSA) is 20.2 Å². The van der Waals surface area contributed by atoms with Gasteiger partial charge >= 0.3 is 0 Å². The van der Waals surface area contributed by atoms with Crippen molar-refractivity contribution in [2.75, 3.05) is 0 Å². The van der Waals surface area contributed by atoms with Crippen LogP contribution in [0.2, 0.25) is 0 Å². The van der Waals surface area contributed by atoms with Crippen molar-refractivity contribution in [2.45, 2.75) is 12.4 Å². The third-order valence-corrected chi connectivity index (χ3v) is 0. The minimum atomic E-state index is -0.472. The molecule has 0 aliphatic rings. The van der Waals surface area contributed by atoms with Crippen LogP contribution >= 0.6 is 12.6 Å². The molecule has 1 radical (unpaired) electrons. The van der Waals surface area contributed by atoms with Gasteiger partial charge in [-0.2, -0.15) is 0 Å².